The van der Waals surface area contributed by atoms with Crippen molar-refractivity contribution in [2.24, 2.45) is 0 Å². The molecular formula is C22H24N2O5S2. The van der Waals surface area contributed by atoms with Gasteiger partial charge in [0.1, 0.15) is 0 Å². The van der Waals surface area contributed by atoms with Gasteiger partial charge in [-0.05, 0) is 36.1 Å². The third kappa shape index (κ3) is 3.88. The van der Waals surface area contributed by atoms with Crippen molar-refractivity contribution < 1.29 is 22.7 Å². The third-order valence-electron chi connectivity index (χ3n) is 5.56. The number of hydrogen-bond acceptors (Lipinski definition) is 6. The first-order chi connectivity index (χ1) is 14.9. The molecule has 2 aromatic carbocycles. The molecule has 2 heterocycles. The second-order valence-electron chi connectivity index (χ2n) is 7.27. The number of thiophene rings is 1. The second-order valence-corrected chi connectivity index (χ2v) is 10.3. The Kier molecular flexibility index (Phi) is 5.92. The molecular weight excluding hydrogens is 436 g/mol. The Morgan fingerprint density at radius 2 is 1.65 bits per heavy atom. The van der Waals surface area contributed by atoms with Gasteiger partial charge in [-0.3, -0.25) is 4.79 Å². The number of carbonyl (C=O) groups excluding carboxylic acids is 1. The average Bonchev–Trinajstić information content (AvgIpc) is 3.14. The highest BCUT2D eigenvalue weighted by Gasteiger charge is 2.32. The zero-order valence-corrected chi connectivity index (χ0v) is 19.3. The molecule has 1 aliphatic rings. The van der Waals surface area contributed by atoms with E-state index in [9.17, 15) is 13.2 Å². The van der Waals surface area contributed by atoms with E-state index in [1.807, 2.05) is 31.2 Å². The smallest absolute Gasteiger partial charge is 0.264 e. The van der Waals surface area contributed by atoms with Crippen LogP contribution in [0.1, 0.15) is 15.2 Å². The van der Waals surface area contributed by atoms with Crippen LogP contribution in [0.4, 0.5) is 0 Å². The minimum Gasteiger partial charge on any atom is -0.493 e. The Morgan fingerprint density at radius 3 is 2.29 bits per heavy atom. The minimum absolute atomic E-state index is 0.0399. The van der Waals surface area contributed by atoms with Crippen LogP contribution in [0.25, 0.3) is 10.1 Å². The summed E-state index contributed by atoms with van der Waals surface area (Å²) in [6, 6.07) is 12.5. The molecule has 1 aliphatic heterocycles. The zero-order chi connectivity index (χ0) is 22.2. The van der Waals surface area contributed by atoms with E-state index in [2.05, 4.69) is 0 Å². The van der Waals surface area contributed by atoms with Crippen LogP contribution >= 0.6 is 11.3 Å². The first-order valence-electron chi connectivity index (χ1n) is 9.86. The van der Waals surface area contributed by atoms with Gasteiger partial charge in [0.05, 0.1) is 24.0 Å². The van der Waals surface area contributed by atoms with Crippen LogP contribution < -0.4 is 9.47 Å². The van der Waals surface area contributed by atoms with Crippen LogP contribution in [-0.4, -0.2) is 63.9 Å². The van der Waals surface area contributed by atoms with Gasteiger partial charge in [0.15, 0.2) is 11.5 Å². The topological polar surface area (TPSA) is 76.2 Å². The monoisotopic (exact) mass is 460 g/mol. The molecule has 0 aliphatic carbocycles. The molecule has 1 saturated heterocycles. The van der Waals surface area contributed by atoms with Gasteiger partial charge in [0, 0.05) is 36.9 Å². The lowest BCUT2D eigenvalue weighted by atomic mass is 10.1. The average molecular weight is 461 g/mol. The summed E-state index contributed by atoms with van der Waals surface area (Å²) in [4.78, 5) is 15.7. The summed E-state index contributed by atoms with van der Waals surface area (Å²) in [5.41, 5.74) is 0.978. The van der Waals surface area contributed by atoms with Gasteiger partial charge in [-0.2, -0.15) is 4.31 Å². The Hall–Kier alpha value is -2.62. The molecule has 0 radical (unpaired) electrons. The van der Waals surface area contributed by atoms with Crippen molar-refractivity contribution in [2.45, 2.75) is 11.8 Å². The molecule has 4 rings (SSSR count). The maximum absolute atomic E-state index is 13.1. The van der Waals surface area contributed by atoms with Crippen molar-refractivity contribution in [2.75, 3.05) is 40.4 Å². The first-order valence-corrected chi connectivity index (χ1v) is 12.1. The van der Waals surface area contributed by atoms with Gasteiger partial charge >= 0.3 is 0 Å². The van der Waals surface area contributed by atoms with Gasteiger partial charge in [-0.1, -0.05) is 18.2 Å². The fraction of sp³-hybridized carbons (Fsp3) is 0.318. The van der Waals surface area contributed by atoms with Crippen molar-refractivity contribution in [3.05, 3.63) is 52.9 Å². The highest BCUT2D eigenvalue weighted by molar-refractivity contribution is 7.89. The van der Waals surface area contributed by atoms with Crippen molar-refractivity contribution >= 4 is 37.4 Å². The van der Waals surface area contributed by atoms with E-state index in [-0.39, 0.29) is 23.9 Å². The number of fused-ring (bicyclic) bond motifs is 1. The lowest BCUT2D eigenvalue weighted by Crippen LogP contribution is -2.50. The molecule has 1 fully saturated rings. The maximum Gasteiger partial charge on any atom is 0.264 e. The van der Waals surface area contributed by atoms with Crippen LogP contribution in [0.3, 0.4) is 0 Å². The number of sulfonamides is 1. The number of nitrogens with zero attached hydrogens (tertiary/aromatic N) is 2. The van der Waals surface area contributed by atoms with Crippen molar-refractivity contribution in [1.29, 1.82) is 0 Å². The number of amides is 1. The second kappa shape index (κ2) is 8.49. The third-order valence-corrected chi connectivity index (χ3v) is 8.71. The lowest BCUT2D eigenvalue weighted by molar-refractivity contribution is 0.0702. The molecule has 0 bridgehead atoms. The fourth-order valence-electron chi connectivity index (χ4n) is 3.78. The van der Waals surface area contributed by atoms with Crippen LogP contribution in [0.2, 0.25) is 0 Å². The number of benzene rings is 2. The predicted octanol–water partition coefficient (Wildman–Crippen LogP) is 3.37. The summed E-state index contributed by atoms with van der Waals surface area (Å²) in [5.74, 6) is 0.787. The van der Waals surface area contributed by atoms with Crippen LogP contribution in [0, 0.1) is 6.92 Å². The maximum atomic E-state index is 13.1. The summed E-state index contributed by atoms with van der Waals surface area (Å²) in [6.07, 6.45) is 0. The van der Waals surface area contributed by atoms with Crippen molar-refractivity contribution in [3.8, 4) is 11.5 Å². The van der Waals surface area contributed by atoms with Crippen LogP contribution in [0.15, 0.2) is 47.4 Å². The van der Waals surface area contributed by atoms with E-state index in [1.165, 1.54) is 42.0 Å². The summed E-state index contributed by atoms with van der Waals surface area (Å²) in [5, 5.41) is 1.09. The Balaban J connectivity index is 1.50. The Morgan fingerprint density at radius 1 is 0.968 bits per heavy atom. The zero-order valence-electron chi connectivity index (χ0n) is 17.6. The van der Waals surface area contributed by atoms with Crippen LogP contribution in [-0.2, 0) is 10.0 Å². The fourth-order valence-corrected chi connectivity index (χ4v) is 6.39. The van der Waals surface area contributed by atoms with Crippen molar-refractivity contribution in [3.63, 3.8) is 0 Å². The molecule has 31 heavy (non-hydrogen) atoms. The molecule has 1 aromatic heterocycles. The van der Waals surface area contributed by atoms with Gasteiger partial charge in [0.2, 0.25) is 10.0 Å². The Bertz CT molecular complexity index is 1230. The highest BCUT2D eigenvalue weighted by atomic mass is 32.2. The first kappa shape index (κ1) is 21.6. The largest absolute Gasteiger partial charge is 0.493 e. The molecule has 3 aromatic rings. The highest BCUT2D eigenvalue weighted by Crippen LogP contribution is 2.33. The summed E-state index contributed by atoms with van der Waals surface area (Å²) in [7, 11) is -0.732. The van der Waals surface area contributed by atoms with E-state index < -0.39 is 10.0 Å². The summed E-state index contributed by atoms with van der Waals surface area (Å²) >= 11 is 1.49. The molecule has 1 amide bonds. The number of piperazine rings is 1. The van der Waals surface area contributed by atoms with Gasteiger partial charge in [-0.15, -0.1) is 11.3 Å². The molecule has 0 saturated carbocycles. The number of carbonyl (C=O) groups is 1. The van der Waals surface area contributed by atoms with E-state index >= 15 is 0 Å². The molecule has 0 spiro atoms. The summed E-state index contributed by atoms with van der Waals surface area (Å²) < 4.78 is 39.1. The van der Waals surface area contributed by atoms with Gasteiger partial charge in [0.25, 0.3) is 5.91 Å². The molecule has 0 N–H and O–H groups in total. The number of ether oxygens (including phenoxy) is 2. The normalized spacial score (nSPS) is 15.3. The molecule has 164 valence electrons. The Labute approximate surface area is 185 Å². The van der Waals surface area contributed by atoms with Gasteiger partial charge in [-0.25, -0.2) is 8.42 Å². The molecule has 0 atom stereocenters. The SMILES string of the molecule is COc1ccc(S(=O)(=O)N2CCN(C(=O)c3sc4ccccc4c3C)CC2)cc1OC. The standard InChI is InChI=1S/C22H24N2O5S2/c1-15-17-6-4-5-7-20(17)30-21(15)22(25)23-10-12-24(13-11-23)31(26,27)16-8-9-18(28-2)19(14-16)29-3/h4-9,14H,10-13H2,1-3H3. The molecule has 7 nitrogen and oxygen atoms in total. The predicted molar refractivity (Wildman–Crippen MR) is 121 cm³/mol. The van der Waals surface area contributed by atoms with Crippen molar-refractivity contribution in [1.82, 2.24) is 9.21 Å². The quantitative estimate of drug-likeness (QED) is 0.584. The lowest BCUT2D eigenvalue weighted by Gasteiger charge is -2.34. The van der Waals surface area contributed by atoms with E-state index in [4.69, 9.17) is 9.47 Å². The van der Waals surface area contributed by atoms with E-state index in [0.717, 1.165) is 20.5 Å². The number of aryl methyl sites for hydroxylation is 1. The number of rotatable bonds is 5. The molecule has 0 unspecified atom stereocenters. The minimum atomic E-state index is -3.70. The molecule has 9 heteroatoms. The summed E-state index contributed by atoms with van der Waals surface area (Å²) in [6.45, 7) is 3.14. The number of methoxy groups -OCH3 is 2. The van der Waals surface area contributed by atoms with E-state index in [0.29, 0.717) is 24.6 Å². The van der Waals surface area contributed by atoms with Crippen LogP contribution in [0.5, 0.6) is 11.5 Å². The van der Waals surface area contributed by atoms with E-state index in [1.54, 1.807) is 11.0 Å². The number of hydrogen-bond donors (Lipinski definition) is 0. The van der Waals surface area contributed by atoms with Gasteiger partial charge < -0.3 is 14.4 Å².